The Bertz CT molecular complexity index is 728. The van der Waals surface area contributed by atoms with Gasteiger partial charge in [-0.05, 0) is 49.8 Å². The maximum atomic E-state index is 13.0. The quantitative estimate of drug-likeness (QED) is 0.761. The van der Waals surface area contributed by atoms with Crippen LogP contribution in [0.15, 0.2) is 41.5 Å². The average molecular weight is 383 g/mol. The number of piperidine rings is 1. The molecule has 0 bridgehead atoms. The maximum Gasteiger partial charge on any atom is 0.291 e. The fourth-order valence-corrected chi connectivity index (χ4v) is 4.74. The van der Waals surface area contributed by atoms with Gasteiger partial charge in [-0.3, -0.25) is 9.78 Å². The summed E-state index contributed by atoms with van der Waals surface area (Å²) in [6.07, 6.45) is 15.6. The first kappa shape index (κ1) is 19.1. The summed E-state index contributed by atoms with van der Waals surface area (Å²) in [7, 11) is 0. The molecule has 3 heterocycles. The summed E-state index contributed by atoms with van der Waals surface area (Å²) in [6, 6.07) is 4.68. The molecule has 0 radical (unpaired) electrons. The Balaban J connectivity index is 1.44. The average Bonchev–Trinajstić information content (AvgIpc) is 3.29. The van der Waals surface area contributed by atoms with E-state index in [4.69, 9.17) is 4.42 Å². The molecule has 28 heavy (non-hydrogen) atoms. The first-order chi connectivity index (χ1) is 13.8. The second kappa shape index (κ2) is 9.32. The summed E-state index contributed by atoms with van der Waals surface area (Å²) in [5.41, 5.74) is 1.04. The molecular weight excluding hydrogens is 352 g/mol. The van der Waals surface area contributed by atoms with Gasteiger partial charge in [0, 0.05) is 38.1 Å². The smallest absolute Gasteiger partial charge is 0.291 e. The standard InChI is InChI=1S/C22H30N4O2/c27-22(21-13-24-17-28-21)26(14-18-6-4-10-23-12-18)16-19-7-5-11-25(15-19)20-8-2-1-3-9-20/h4,6,10,12-13,17,19-20H,1-3,5,7-9,11,14-16H2/t19-/m0/s1. The van der Waals surface area contributed by atoms with E-state index in [0.717, 1.165) is 24.7 Å². The number of aromatic nitrogens is 2. The molecule has 6 nitrogen and oxygen atoms in total. The molecule has 1 aliphatic heterocycles. The highest BCUT2D eigenvalue weighted by Gasteiger charge is 2.30. The van der Waals surface area contributed by atoms with Crippen LogP contribution in [0, 0.1) is 5.92 Å². The van der Waals surface area contributed by atoms with E-state index in [0.29, 0.717) is 18.2 Å². The van der Waals surface area contributed by atoms with E-state index >= 15 is 0 Å². The Labute approximate surface area is 167 Å². The van der Waals surface area contributed by atoms with Gasteiger partial charge in [-0.2, -0.15) is 0 Å². The van der Waals surface area contributed by atoms with Crippen LogP contribution in [-0.4, -0.2) is 51.4 Å². The summed E-state index contributed by atoms with van der Waals surface area (Å²) in [6.45, 7) is 3.60. The second-order valence-electron chi connectivity index (χ2n) is 8.21. The zero-order chi connectivity index (χ0) is 19.2. The van der Waals surface area contributed by atoms with Gasteiger partial charge >= 0.3 is 0 Å². The van der Waals surface area contributed by atoms with Crippen molar-refractivity contribution in [2.75, 3.05) is 19.6 Å². The van der Waals surface area contributed by atoms with Crippen LogP contribution in [0.3, 0.4) is 0 Å². The third-order valence-electron chi connectivity index (χ3n) is 6.15. The van der Waals surface area contributed by atoms with Gasteiger partial charge in [0.15, 0.2) is 6.39 Å². The van der Waals surface area contributed by atoms with Crippen molar-refractivity contribution in [3.8, 4) is 0 Å². The minimum atomic E-state index is -0.0869. The Kier molecular flexibility index (Phi) is 6.37. The Morgan fingerprint density at radius 3 is 2.79 bits per heavy atom. The maximum absolute atomic E-state index is 13.0. The van der Waals surface area contributed by atoms with Gasteiger partial charge < -0.3 is 14.2 Å². The Morgan fingerprint density at radius 1 is 1.14 bits per heavy atom. The molecule has 0 aromatic carbocycles. The molecule has 2 aromatic heterocycles. The van der Waals surface area contributed by atoms with Crippen LogP contribution in [0.25, 0.3) is 0 Å². The molecule has 2 aliphatic rings. The van der Waals surface area contributed by atoms with E-state index in [2.05, 4.69) is 14.9 Å². The number of amides is 1. The van der Waals surface area contributed by atoms with Crippen molar-refractivity contribution in [2.24, 2.45) is 5.92 Å². The van der Waals surface area contributed by atoms with Gasteiger partial charge in [0.2, 0.25) is 5.76 Å². The highest BCUT2D eigenvalue weighted by molar-refractivity contribution is 5.91. The number of likely N-dealkylation sites (tertiary alicyclic amines) is 1. The molecule has 4 rings (SSSR count). The molecular formula is C22H30N4O2. The van der Waals surface area contributed by atoms with Crippen LogP contribution < -0.4 is 0 Å². The van der Waals surface area contributed by atoms with E-state index in [1.165, 1.54) is 64.1 Å². The SMILES string of the molecule is O=C(c1cnco1)N(Cc1cccnc1)C[C@H]1CCCN(C2CCCCC2)C1. The van der Waals surface area contributed by atoms with Gasteiger partial charge in [0.1, 0.15) is 0 Å². The molecule has 1 saturated heterocycles. The van der Waals surface area contributed by atoms with E-state index in [1.54, 1.807) is 6.20 Å². The van der Waals surface area contributed by atoms with Crippen molar-refractivity contribution in [2.45, 2.75) is 57.5 Å². The third-order valence-corrected chi connectivity index (χ3v) is 6.15. The van der Waals surface area contributed by atoms with Crippen molar-refractivity contribution in [1.29, 1.82) is 0 Å². The minimum Gasteiger partial charge on any atom is -0.438 e. The summed E-state index contributed by atoms with van der Waals surface area (Å²) in [5.74, 6) is 0.721. The summed E-state index contributed by atoms with van der Waals surface area (Å²) < 4.78 is 5.29. The number of pyridine rings is 1. The first-order valence-corrected chi connectivity index (χ1v) is 10.6. The normalized spacial score (nSPS) is 21.5. The van der Waals surface area contributed by atoms with Crippen LogP contribution in [0.1, 0.15) is 61.1 Å². The highest BCUT2D eigenvalue weighted by Crippen LogP contribution is 2.28. The van der Waals surface area contributed by atoms with Crippen LogP contribution in [0.5, 0.6) is 0 Å². The first-order valence-electron chi connectivity index (χ1n) is 10.6. The minimum absolute atomic E-state index is 0.0869. The molecule has 2 aromatic rings. The fraction of sp³-hybridized carbons (Fsp3) is 0.591. The number of nitrogens with zero attached hydrogens (tertiary/aromatic N) is 4. The highest BCUT2D eigenvalue weighted by atomic mass is 16.3. The molecule has 0 spiro atoms. The number of rotatable bonds is 6. The van der Waals surface area contributed by atoms with Gasteiger partial charge in [0.05, 0.1) is 6.20 Å². The molecule has 1 amide bonds. The molecule has 0 N–H and O–H groups in total. The van der Waals surface area contributed by atoms with Crippen molar-refractivity contribution in [1.82, 2.24) is 19.8 Å². The summed E-state index contributed by atoms with van der Waals surface area (Å²) in [5, 5.41) is 0. The van der Waals surface area contributed by atoms with Crippen LogP contribution in [0.4, 0.5) is 0 Å². The third kappa shape index (κ3) is 4.79. The topological polar surface area (TPSA) is 62.5 Å². The molecule has 1 saturated carbocycles. The lowest BCUT2D eigenvalue weighted by Gasteiger charge is -2.41. The number of carbonyl (C=O) groups excluding carboxylic acids is 1. The molecule has 6 heteroatoms. The number of hydrogen-bond donors (Lipinski definition) is 0. The van der Waals surface area contributed by atoms with Crippen LogP contribution in [-0.2, 0) is 6.54 Å². The van der Waals surface area contributed by atoms with Crippen molar-refractivity contribution < 1.29 is 9.21 Å². The van der Waals surface area contributed by atoms with Gasteiger partial charge in [-0.25, -0.2) is 4.98 Å². The van der Waals surface area contributed by atoms with Crippen molar-refractivity contribution >= 4 is 5.91 Å². The van der Waals surface area contributed by atoms with E-state index in [-0.39, 0.29) is 5.91 Å². The van der Waals surface area contributed by atoms with Crippen LogP contribution >= 0.6 is 0 Å². The largest absolute Gasteiger partial charge is 0.438 e. The zero-order valence-corrected chi connectivity index (χ0v) is 16.5. The van der Waals surface area contributed by atoms with Crippen LogP contribution in [0.2, 0.25) is 0 Å². The molecule has 2 fully saturated rings. The lowest BCUT2D eigenvalue weighted by molar-refractivity contribution is 0.0559. The number of carbonyl (C=O) groups is 1. The van der Waals surface area contributed by atoms with E-state index < -0.39 is 0 Å². The molecule has 1 atom stereocenters. The molecule has 150 valence electrons. The van der Waals surface area contributed by atoms with E-state index in [9.17, 15) is 4.79 Å². The zero-order valence-electron chi connectivity index (χ0n) is 16.5. The Morgan fingerprint density at radius 2 is 2.04 bits per heavy atom. The van der Waals surface area contributed by atoms with Gasteiger partial charge in [0.25, 0.3) is 5.91 Å². The molecule has 0 unspecified atom stereocenters. The van der Waals surface area contributed by atoms with Gasteiger partial charge in [-0.1, -0.05) is 25.3 Å². The summed E-state index contributed by atoms with van der Waals surface area (Å²) in [4.78, 5) is 25.7. The van der Waals surface area contributed by atoms with Crippen molar-refractivity contribution in [3.05, 3.63) is 48.4 Å². The Hall–Kier alpha value is -2.21. The summed E-state index contributed by atoms with van der Waals surface area (Å²) >= 11 is 0. The monoisotopic (exact) mass is 382 g/mol. The predicted molar refractivity (Wildman–Crippen MR) is 107 cm³/mol. The van der Waals surface area contributed by atoms with Gasteiger partial charge in [-0.15, -0.1) is 0 Å². The lowest BCUT2D eigenvalue weighted by atomic mass is 9.90. The second-order valence-corrected chi connectivity index (χ2v) is 8.21. The lowest BCUT2D eigenvalue weighted by Crippen LogP contribution is -2.47. The number of oxazole rings is 1. The van der Waals surface area contributed by atoms with Crippen molar-refractivity contribution in [3.63, 3.8) is 0 Å². The predicted octanol–water partition coefficient (Wildman–Crippen LogP) is 3.76. The number of hydrogen-bond acceptors (Lipinski definition) is 5. The fourth-order valence-electron chi connectivity index (χ4n) is 4.74. The molecule has 1 aliphatic carbocycles. The van der Waals surface area contributed by atoms with E-state index in [1.807, 2.05) is 23.2 Å².